The lowest BCUT2D eigenvalue weighted by atomic mass is 9.96. The van der Waals surface area contributed by atoms with E-state index in [1.807, 2.05) is 92.2 Å². The van der Waals surface area contributed by atoms with Crippen LogP contribution in [0, 0.1) is 0 Å². The van der Waals surface area contributed by atoms with Gasteiger partial charge >= 0.3 is 0 Å². The highest BCUT2D eigenvalue weighted by Gasteiger charge is 2.24. The van der Waals surface area contributed by atoms with Gasteiger partial charge in [-0.15, -0.1) is 0 Å². The summed E-state index contributed by atoms with van der Waals surface area (Å²) in [6.07, 6.45) is 6.20. The van der Waals surface area contributed by atoms with E-state index in [0.29, 0.717) is 24.1 Å². The van der Waals surface area contributed by atoms with Gasteiger partial charge in [0.2, 0.25) is 0 Å². The van der Waals surface area contributed by atoms with Gasteiger partial charge in [-0.1, -0.05) is 60.7 Å². The number of aromatic amines is 1. The molecule has 0 fully saturated rings. The van der Waals surface area contributed by atoms with Crippen molar-refractivity contribution in [2.24, 2.45) is 7.05 Å². The summed E-state index contributed by atoms with van der Waals surface area (Å²) in [5.41, 5.74) is 6.07. The minimum Gasteiger partial charge on any atom is -0.360 e. The molecule has 3 N–H and O–H groups in total. The van der Waals surface area contributed by atoms with E-state index in [-0.39, 0.29) is 11.7 Å². The number of aromatic nitrogens is 3. The summed E-state index contributed by atoms with van der Waals surface area (Å²) in [5.74, 6) is -0.123. The number of fused-ring (bicyclic) bond motifs is 1. The molecular weight excluding hydrogens is 462 g/mol. The molecule has 5 rings (SSSR count). The fourth-order valence-corrected chi connectivity index (χ4v) is 4.69. The first-order chi connectivity index (χ1) is 18.0. The number of H-pyrrole nitrogens is 1. The first-order valence-electron chi connectivity index (χ1n) is 12.3. The Morgan fingerprint density at radius 3 is 2.51 bits per heavy atom. The van der Waals surface area contributed by atoms with Crippen LogP contribution >= 0.6 is 0 Å². The number of aryl methyl sites for hydroxylation is 1. The molecule has 5 aromatic rings. The van der Waals surface area contributed by atoms with E-state index in [9.17, 15) is 9.59 Å². The fourth-order valence-electron chi connectivity index (χ4n) is 4.69. The largest absolute Gasteiger partial charge is 0.360 e. The van der Waals surface area contributed by atoms with Gasteiger partial charge in [0.15, 0.2) is 5.78 Å². The van der Waals surface area contributed by atoms with Crippen LogP contribution in [0.25, 0.3) is 22.0 Å². The summed E-state index contributed by atoms with van der Waals surface area (Å²) in [4.78, 5) is 29.4. The van der Waals surface area contributed by atoms with Crippen molar-refractivity contribution in [2.75, 3.05) is 13.6 Å². The number of hydrogen-bond acceptors (Lipinski definition) is 4. The van der Waals surface area contributed by atoms with Gasteiger partial charge in [-0.3, -0.25) is 14.3 Å². The zero-order chi connectivity index (χ0) is 25.8. The van der Waals surface area contributed by atoms with E-state index in [0.717, 1.165) is 33.2 Å². The zero-order valence-corrected chi connectivity index (χ0v) is 20.9. The third kappa shape index (κ3) is 5.08. The van der Waals surface area contributed by atoms with Crippen molar-refractivity contribution < 1.29 is 9.59 Å². The van der Waals surface area contributed by atoms with Gasteiger partial charge in [0.25, 0.3) is 5.91 Å². The third-order valence-corrected chi connectivity index (χ3v) is 6.61. The van der Waals surface area contributed by atoms with Gasteiger partial charge in [0, 0.05) is 60.6 Å². The molecule has 0 aliphatic heterocycles. The predicted molar refractivity (Wildman–Crippen MR) is 146 cm³/mol. The Balaban J connectivity index is 1.40. The summed E-state index contributed by atoms with van der Waals surface area (Å²) >= 11 is 0. The normalized spacial score (nSPS) is 11.9. The Kier molecular flexibility index (Phi) is 6.96. The molecule has 186 valence electrons. The lowest BCUT2D eigenvalue weighted by Gasteiger charge is -2.19. The lowest BCUT2D eigenvalue weighted by Crippen LogP contribution is -2.31. The Labute approximate surface area is 215 Å². The molecule has 7 heteroatoms. The van der Waals surface area contributed by atoms with E-state index < -0.39 is 6.04 Å². The number of ketones is 1. The summed E-state index contributed by atoms with van der Waals surface area (Å²) in [6.45, 7) is 0.535. The smallest absolute Gasteiger partial charge is 0.251 e. The Morgan fingerprint density at radius 1 is 0.973 bits per heavy atom. The van der Waals surface area contributed by atoms with E-state index in [4.69, 9.17) is 0 Å². The SMILES string of the molecule is CNC(=O)c1ccccc1CCNC(C(=O)c1c[nH]c2cc(-c3cnn(C)c3)ccc12)c1ccccc1. The molecule has 0 spiro atoms. The number of hydrogen-bond donors (Lipinski definition) is 3. The van der Waals surface area contributed by atoms with Gasteiger partial charge in [-0.05, 0) is 35.2 Å². The highest BCUT2D eigenvalue weighted by molar-refractivity contribution is 6.11. The second-order valence-corrected chi connectivity index (χ2v) is 9.01. The molecule has 0 aliphatic rings. The first kappa shape index (κ1) is 24.2. The van der Waals surface area contributed by atoms with Gasteiger partial charge in [-0.25, -0.2) is 0 Å². The van der Waals surface area contributed by atoms with E-state index in [1.165, 1.54) is 0 Å². The van der Waals surface area contributed by atoms with Gasteiger partial charge in [-0.2, -0.15) is 5.10 Å². The van der Waals surface area contributed by atoms with E-state index in [1.54, 1.807) is 17.9 Å². The second kappa shape index (κ2) is 10.6. The Hall–Kier alpha value is -4.49. The number of Topliss-reactive ketones (excluding diaryl/α,β-unsaturated/α-hetero) is 1. The van der Waals surface area contributed by atoms with Crippen molar-refractivity contribution in [1.29, 1.82) is 0 Å². The Morgan fingerprint density at radius 2 is 1.76 bits per heavy atom. The van der Waals surface area contributed by atoms with Crippen LogP contribution < -0.4 is 10.6 Å². The third-order valence-electron chi connectivity index (χ3n) is 6.61. The van der Waals surface area contributed by atoms with Crippen molar-refractivity contribution >= 4 is 22.6 Å². The number of nitrogens with zero attached hydrogens (tertiary/aromatic N) is 2. The number of benzene rings is 3. The molecule has 1 unspecified atom stereocenters. The van der Waals surface area contributed by atoms with Crippen LogP contribution in [-0.4, -0.2) is 40.0 Å². The highest BCUT2D eigenvalue weighted by atomic mass is 16.1. The maximum absolute atomic E-state index is 13.9. The van der Waals surface area contributed by atoms with Crippen molar-refractivity contribution in [3.63, 3.8) is 0 Å². The predicted octanol–water partition coefficient (Wildman–Crippen LogP) is 4.68. The van der Waals surface area contributed by atoms with Crippen LogP contribution in [0.2, 0.25) is 0 Å². The van der Waals surface area contributed by atoms with E-state index in [2.05, 4.69) is 20.7 Å². The molecule has 7 nitrogen and oxygen atoms in total. The molecule has 2 heterocycles. The quantitative estimate of drug-likeness (QED) is 0.261. The minimum atomic E-state index is -0.523. The summed E-state index contributed by atoms with van der Waals surface area (Å²) in [7, 11) is 3.52. The molecule has 0 radical (unpaired) electrons. The Bertz CT molecular complexity index is 1550. The number of nitrogens with one attached hydrogen (secondary N) is 3. The van der Waals surface area contributed by atoms with Crippen LogP contribution in [0.4, 0.5) is 0 Å². The van der Waals surface area contributed by atoms with Gasteiger partial charge < -0.3 is 15.6 Å². The number of rotatable bonds is 9. The number of carbonyl (C=O) groups excluding carboxylic acids is 2. The summed E-state index contributed by atoms with van der Waals surface area (Å²) in [5, 5.41) is 11.3. The zero-order valence-electron chi connectivity index (χ0n) is 20.9. The second-order valence-electron chi connectivity index (χ2n) is 9.01. The molecule has 0 saturated carbocycles. The fraction of sp³-hybridized carbons (Fsp3) is 0.167. The molecule has 0 bridgehead atoms. The van der Waals surface area contributed by atoms with Crippen molar-refractivity contribution in [3.05, 3.63) is 114 Å². The van der Waals surface area contributed by atoms with Crippen molar-refractivity contribution in [2.45, 2.75) is 12.5 Å². The maximum atomic E-state index is 13.9. The van der Waals surface area contributed by atoms with Crippen LogP contribution in [0.1, 0.15) is 37.9 Å². The minimum absolute atomic E-state index is 0.00818. The lowest BCUT2D eigenvalue weighted by molar-refractivity contribution is 0.0940. The maximum Gasteiger partial charge on any atom is 0.251 e. The van der Waals surface area contributed by atoms with Crippen LogP contribution in [0.15, 0.2) is 91.4 Å². The van der Waals surface area contributed by atoms with Crippen molar-refractivity contribution in [1.82, 2.24) is 25.4 Å². The molecule has 2 aromatic heterocycles. The van der Waals surface area contributed by atoms with Gasteiger partial charge in [0.1, 0.15) is 0 Å². The monoisotopic (exact) mass is 491 g/mol. The molecule has 3 aromatic carbocycles. The van der Waals surface area contributed by atoms with Crippen molar-refractivity contribution in [3.8, 4) is 11.1 Å². The molecule has 1 atom stereocenters. The van der Waals surface area contributed by atoms with Crippen LogP contribution in [0.5, 0.6) is 0 Å². The number of carbonyl (C=O) groups is 2. The summed E-state index contributed by atoms with van der Waals surface area (Å²) in [6, 6.07) is 22.8. The van der Waals surface area contributed by atoms with E-state index >= 15 is 0 Å². The highest BCUT2D eigenvalue weighted by Crippen LogP contribution is 2.29. The average molecular weight is 492 g/mol. The van der Waals surface area contributed by atoms with Gasteiger partial charge in [0.05, 0.1) is 12.2 Å². The molecule has 0 aliphatic carbocycles. The standard InChI is InChI=1S/C30H29N5O2/c1-31-30(37)24-11-7-6-8-20(24)14-15-32-28(21-9-4-3-5-10-21)29(36)26-18-33-27-16-22(12-13-25(26)27)23-17-34-35(2)19-23/h3-13,16-19,28,32-33H,14-15H2,1-2H3,(H,31,37). The number of amides is 1. The molecular formula is C30H29N5O2. The molecule has 1 amide bonds. The molecule has 37 heavy (non-hydrogen) atoms. The first-order valence-corrected chi connectivity index (χ1v) is 12.3. The average Bonchev–Trinajstić information content (AvgIpc) is 3.57. The summed E-state index contributed by atoms with van der Waals surface area (Å²) < 4.78 is 1.77. The molecule has 0 saturated heterocycles. The topological polar surface area (TPSA) is 91.8 Å². The van der Waals surface area contributed by atoms with Crippen LogP contribution in [0.3, 0.4) is 0 Å². The van der Waals surface area contributed by atoms with Crippen LogP contribution in [-0.2, 0) is 13.5 Å².